The Kier molecular flexibility index (Phi) is 6.91. The third-order valence-electron chi connectivity index (χ3n) is 4.80. The van der Waals surface area contributed by atoms with E-state index in [4.69, 9.17) is 9.15 Å². The van der Waals surface area contributed by atoms with Gasteiger partial charge in [-0.05, 0) is 55.8 Å². The number of carbonyl (C=O) groups is 1. The van der Waals surface area contributed by atoms with Crippen molar-refractivity contribution >= 4 is 23.4 Å². The van der Waals surface area contributed by atoms with E-state index in [2.05, 4.69) is 15.5 Å². The van der Waals surface area contributed by atoms with Crippen LogP contribution in [-0.4, -0.2) is 25.9 Å². The number of aromatic nitrogens is 3. The van der Waals surface area contributed by atoms with Gasteiger partial charge in [0.1, 0.15) is 12.4 Å². The zero-order valence-corrected chi connectivity index (χ0v) is 18.7. The molecule has 2 aromatic carbocycles. The summed E-state index contributed by atoms with van der Waals surface area (Å²) in [4.78, 5) is 12.7. The van der Waals surface area contributed by atoms with Gasteiger partial charge in [-0.15, -0.1) is 10.2 Å². The number of nitrogens with one attached hydrogen (secondary N) is 1. The van der Waals surface area contributed by atoms with Crippen LogP contribution in [0.25, 0.3) is 11.6 Å². The molecule has 0 fully saturated rings. The maximum absolute atomic E-state index is 12.7. The Hall–Kier alpha value is -3.52. The molecule has 0 saturated heterocycles. The molecule has 4 rings (SSSR count). The molecule has 1 amide bonds. The van der Waals surface area contributed by atoms with Gasteiger partial charge in [0.15, 0.2) is 16.7 Å². The predicted octanol–water partition coefficient (Wildman–Crippen LogP) is 5.26. The molecule has 0 spiro atoms. The first-order chi connectivity index (χ1) is 15.6. The summed E-state index contributed by atoms with van der Waals surface area (Å²) in [5, 5.41) is 11.7. The highest BCUT2D eigenvalue weighted by molar-refractivity contribution is 8.00. The number of thioether (sulfide) groups is 1. The first kappa shape index (κ1) is 21.7. The number of hydrogen-bond donors (Lipinski definition) is 1. The molecule has 0 bridgehead atoms. The molecule has 164 valence electrons. The van der Waals surface area contributed by atoms with E-state index in [0.717, 1.165) is 11.3 Å². The first-order valence-electron chi connectivity index (χ1n) is 10.4. The molecule has 2 aromatic heterocycles. The summed E-state index contributed by atoms with van der Waals surface area (Å²) in [5.41, 5.74) is 1.81. The molecule has 2 heterocycles. The number of anilines is 1. The molecule has 1 unspecified atom stereocenters. The van der Waals surface area contributed by atoms with Gasteiger partial charge < -0.3 is 14.5 Å². The van der Waals surface area contributed by atoms with E-state index in [-0.39, 0.29) is 11.2 Å². The van der Waals surface area contributed by atoms with Gasteiger partial charge in [-0.25, -0.2) is 0 Å². The Morgan fingerprint density at radius 2 is 1.88 bits per heavy atom. The van der Waals surface area contributed by atoms with Gasteiger partial charge in [0, 0.05) is 12.2 Å². The summed E-state index contributed by atoms with van der Waals surface area (Å²) in [5.74, 6) is 1.94. The SMILES string of the molecule is CCn1c(SC(C)C(=O)Nc2ccc(OCc3ccccc3)cc2)nnc1-c1ccco1. The molecule has 0 aliphatic heterocycles. The normalized spacial score (nSPS) is 11.8. The summed E-state index contributed by atoms with van der Waals surface area (Å²) < 4.78 is 13.2. The Morgan fingerprint density at radius 3 is 2.56 bits per heavy atom. The van der Waals surface area contributed by atoms with Crippen molar-refractivity contribution in [1.82, 2.24) is 14.8 Å². The lowest BCUT2D eigenvalue weighted by Gasteiger charge is -2.13. The zero-order valence-electron chi connectivity index (χ0n) is 17.9. The lowest BCUT2D eigenvalue weighted by molar-refractivity contribution is -0.115. The lowest BCUT2D eigenvalue weighted by Crippen LogP contribution is -2.22. The predicted molar refractivity (Wildman–Crippen MR) is 125 cm³/mol. The van der Waals surface area contributed by atoms with Crippen molar-refractivity contribution in [2.45, 2.75) is 37.4 Å². The summed E-state index contributed by atoms with van der Waals surface area (Å²) in [6, 6.07) is 21.0. The van der Waals surface area contributed by atoms with Gasteiger partial charge in [-0.3, -0.25) is 9.36 Å². The second-order valence-corrected chi connectivity index (χ2v) is 8.38. The second kappa shape index (κ2) is 10.2. The summed E-state index contributed by atoms with van der Waals surface area (Å²) in [6.45, 7) is 5.02. The van der Waals surface area contributed by atoms with E-state index in [1.54, 1.807) is 6.26 Å². The monoisotopic (exact) mass is 448 g/mol. The second-order valence-electron chi connectivity index (χ2n) is 7.08. The number of carbonyl (C=O) groups excluding carboxylic acids is 1. The fraction of sp³-hybridized carbons (Fsp3) is 0.208. The van der Waals surface area contributed by atoms with E-state index in [1.807, 2.05) is 85.1 Å². The summed E-state index contributed by atoms with van der Waals surface area (Å²) in [7, 11) is 0. The standard InChI is InChI=1S/C24H24N4O3S/c1-3-28-22(21-10-7-15-30-21)26-27-24(28)32-17(2)23(29)25-19-11-13-20(14-12-19)31-16-18-8-5-4-6-9-18/h4-15,17H,3,16H2,1-2H3,(H,25,29). The summed E-state index contributed by atoms with van der Waals surface area (Å²) in [6.07, 6.45) is 1.60. The number of rotatable bonds is 9. The third-order valence-corrected chi connectivity index (χ3v) is 5.88. The molecule has 1 N–H and O–H groups in total. The van der Waals surface area contributed by atoms with Gasteiger partial charge in [-0.1, -0.05) is 42.1 Å². The molecule has 0 saturated carbocycles. The highest BCUT2D eigenvalue weighted by Crippen LogP contribution is 2.27. The third kappa shape index (κ3) is 5.20. The molecule has 0 aliphatic rings. The molecule has 32 heavy (non-hydrogen) atoms. The number of nitrogens with zero attached hydrogens (tertiary/aromatic N) is 3. The molecule has 8 heteroatoms. The number of furan rings is 1. The highest BCUT2D eigenvalue weighted by atomic mass is 32.2. The van der Waals surface area contributed by atoms with Crippen LogP contribution in [-0.2, 0) is 17.9 Å². The average Bonchev–Trinajstić information content (AvgIpc) is 3.49. The van der Waals surface area contributed by atoms with Crippen molar-refractivity contribution in [2.24, 2.45) is 0 Å². The fourth-order valence-corrected chi connectivity index (χ4v) is 3.99. The lowest BCUT2D eigenvalue weighted by atomic mass is 10.2. The van der Waals surface area contributed by atoms with E-state index in [1.165, 1.54) is 11.8 Å². The fourth-order valence-electron chi connectivity index (χ4n) is 3.08. The van der Waals surface area contributed by atoms with E-state index in [9.17, 15) is 4.79 Å². The Labute approximate surface area is 190 Å². The smallest absolute Gasteiger partial charge is 0.237 e. The van der Waals surface area contributed by atoms with E-state index >= 15 is 0 Å². The van der Waals surface area contributed by atoms with Gasteiger partial charge in [0.25, 0.3) is 0 Å². The number of ether oxygens (including phenoxy) is 1. The van der Waals surface area contributed by atoms with Crippen molar-refractivity contribution in [3.63, 3.8) is 0 Å². The number of hydrogen-bond acceptors (Lipinski definition) is 6. The Balaban J connectivity index is 1.34. The van der Waals surface area contributed by atoms with Crippen LogP contribution >= 0.6 is 11.8 Å². The summed E-state index contributed by atoms with van der Waals surface area (Å²) >= 11 is 1.36. The van der Waals surface area contributed by atoms with Gasteiger partial charge in [0.2, 0.25) is 5.91 Å². The van der Waals surface area contributed by atoms with Crippen LogP contribution in [0, 0.1) is 0 Å². The van der Waals surface area contributed by atoms with Gasteiger partial charge in [0.05, 0.1) is 11.5 Å². The Bertz CT molecular complexity index is 1140. The molecule has 4 aromatic rings. The van der Waals surface area contributed by atoms with Crippen molar-refractivity contribution in [3.05, 3.63) is 78.6 Å². The van der Waals surface area contributed by atoms with E-state index in [0.29, 0.717) is 35.6 Å². The maximum Gasteiger partial charge on any atom is 0.237 e. The average molecular weight is 449 g/mol. The van der Waals surface area contributed by atoms with Crippen molar-refractivity contribution in [2.75, 3.05) is 5.32 Å². The Morgan fingerprint density at radius 1 is 1.09 bits per heavy atom. The van der Waals surface area contributed by atoms with Gasteiger partial charge >= 0.3 is 0 Å². The van der Waals surface area contributed by atoms with Crippen LogP contribution in [0.15, 0.2) is 82.6 Å². The van der Waals surface area contributed by atoms with Gasteiger partial charge in [-0.2, -0.15) is 0 Å². The van der Waals surface area contributed by atoms with Crippen molar-refractivity contribution < 1.29 is 13.9 Å². The largest absolute Gasteiger partial charge is 0.489 e. The first-order valence-corrected chi connectivity index (χ1v) is 11.2. The van der Waals surface area contributed by atoms with Crippen LogP contribution in [0.1, 0.15) is 19.4 Å². The maximum atomic E-state index is 12.7. The molecule has 0 radical (unpaired) electrons. The highest BCUT2D eigenvalue weighted by Gasteiger charge is 2.21. The molecule has 1 atom stereocenters. The zero-order chi connectivity index (χ0) is 22.3. The van der Waals surface area contributed by atoms with Crippen LogP contribution in [0.5, 0.6) is 5.75 Å². The quantitative estimate of drug-likeness (QED) is 0.352. The minimum absolute atomic E-state index is 0.113. The van der Waals surface area contributed by atoms with Crippen molar-refractivity contribution in [1.29, 1.82) is 0 Å². The minimum atomic E-state index is -0.358. The molecule has 0 aliphatic carbocycles. The number of benzene rings is 2. The minimum Gasteiger partial charge on any atom is -0.489 e. The van der Waals surface area contributed by atoms with Crippen LogP contribution < -0.4 is 10.1 Å². The van der Waals surface area contributed by atoms with Crippen LogP contribution in [0.2, 0.25) is 0 Å². The van der Waals surface area contributed by atoms with Crippen LogP contribution in [0.4, 0.5) is 5.69 Å². The van der Waals surface area contributed by atoms with Crippen molar-refractivity contribution in [3.8, 4) is 17.3 Å². The van der Waals surface area contributed by atoms with E-state index < -0.39 is 0 Å². The van der Waals surface area contributed by atoms with Crippen LogP contribution in [0.3, 0.4) is 0 Å². The molecular weight excluding hydrogens is 424 g/mol. The number of amides is 1. The molecular formula is C24H24N4O3S. The molecule has 7 nitrogen and oxygen atoms in total. The topological polar surface area (TPSA) is 82.2 Å².